The predicted molar refractivity (Wildman–Crippen MR) is 66.6 cm³/mol. The molecule has 1 amide bonds. The molecule has 2 aromatic heterocycles. The summed E-state index contributed by atoms with van der Waals surface area (Å²) >= 11 is 0. The Morgan fingerprint density at radius 1 is 1.47 bits per heavy atom. The van der Waals surface area contributed by atoms with Crippen LogP contribution in [0.15, 0.2) is 27.5 Å². The highest BCUT2D eigenvalue weighted by atomic mass is 16.5. The van der Waals surface area contributed by atoms with Crippen LogP contribution in [0.1, 0.15) is 42.0 Å². The highest BCUT2D eigenvalue weighted by Crippen LogP contribution is 2.10. The van der Waals surface area contributed by atoms with Crippen LogP contribution in [0.3, 0.4) is 0 Å². The van der Waals surface area contributed by atoms with E-state index in [1.165, 1.54) is 18.2 Å². The Morgan fingerprint density at radius 2 is 2.26 bits per heavy atom. The molecule has 0 unspecified atom stereocenters. The summed E-state index contributed by atoms with van der Waals surface area (Å²) in [5.41, 5.74) is -0.130. The van der Waals surface area contributed by atoms with Gasteiger partial charge in [0.25, 0.3) is 5.91 Å². The summed E-state index contributed by atoms with van der Waals surface area (Å²) in [5, 5.41) is 6.35. The first kappa shape index (κ1) is 13.0. The van der Waals surface area contributed by atoms with Crippen molar-refractivity contribution in [2.45, 2.75) is 26.3 Å². The maximum absolute atomic E-state index is 11.7. The SMILES string of the molecule is CC(C)c1nc(CNC(=O)c2cccc(=O)[nH]2)no1. The molecule has 0 radical (unpaired) electrons. The van der Waals surface area contributed by atoms with Crippen LogP contribution in [0, 0.1) is 0 Å². The smallest absolute Gasteiger partial charge is 0.268 e. The molecule has 2 aromatic rings. The van der Waals surface area contributed by atoms with Gasteiger partial charge in [-0.3, -0.25) is 9.59 Å². The number of carbonyl (C=O) groups is 1. The minimum atomic E-state index is -0.395. The van der Waals surface area contributed by atoms with Crippen LogP contribution < -0.4 is 10.9 Å². The van der Waals surface area contributed by atoms with Crippen molar-refractivity contribution in [3.63, 3.8) is 0 Å². The maximum Gasteiger partial charge on any atom is 0.268 e. The fourth-order valence-corrected chi connectivity index (χ4v) is 1.41. The average Bonchev–Trinajstić information content (AvgIpc) is 2.85. The van der Waals surface area contributed by atoms with Gasteiger partial charge in [-0.05, 0) is 6.07 Å². The fourth-order valence-electron chi connectivity index (χ4n) is 1.41. The van der Waals surface area contributed by atoms with Crippen molar-refractivity contribution in [2.24, 2.45) is 0 Å². The van der Waals surface area contributed by atoms with Gasteiger partial charge in [0.1, 0.15) is 5.69 Å². The summed E-state index contributed by atoms with van der Waals surface area (Å²) in [6, 6.07) is 4.37. The molecule has 0 saturated carbocycles. The van der Waals surface area contributed by atoms with Crippen molar-refractivity contribution in [3.05, 3.63) is 46.0 Å². The molecule has 2 heterocycles. The number of pyridine rings is 1. The van der Waals surface area contributed by atoms with E-state index in [4.69, 9.17) is 4.52 Å². The van der Waals surface area contributed by atoms with Crippen LogP contribution >= 0.6 is 0 Å². The van der Waals surface area contributed by atoms with Gasteiger partial charge in [0.05, 0.1) is 6.54 Å². The Bertz CT molecular complexity index is 630. The average molecular weight is 262 g/mol. The zero-order chi connectivity index (χ0) is 13.8. The predicted octanol–water partition coefficient (Wildman–Crippen LogP) is 0.811. The number of hydrogen-bond donors (Lipinski definition) is 2. The van der Waals surface area contributed by atoms with E-state index in [1.807, 2.05) is 13.8 Å². The maximum atomic E-state index is 11.7. The van der Waals surface area contributed by atoms with Gasteiger partial charge >= 0.3 is 0 Å². The number of nitrogens with zero attached hydrogens (tertiary/aromatic N) is 2. The second-order valence-corrected chi connectivity index (χ2v) is 4.31. The lowest BCUT2D eigenvalue weighted by Gasteiger charge is -2.01. The zero-order valence-electron chi connectivity index (χ0n) is 10.6. The molecule has 0 saturated heterocycles. The third-order valence-corrected chi connectivity index (χ3v) is 2.40. The van der Waals surface area contributed by atoms with Crippen molar-refractivity contribution < 1.29 is 9.32 Å². The lowest BCUT2D eigenvalue weighted by Crippen LogP contribution is -2.26. The molecule has 0 aliphatic carbocycles. The molecule has 0 aromatic carbocycles. The van der Waals surface area contributed by atoms with Gasteiger partial charge in [0.2, 0.25) is 11.4 Å². The first-order chi connectivity index (χ1) is 9.06. The van der Waals surface area contributed by atoms with Crippen LogP contribution in [0.2, 0.25) is 0 Å². The van der Waals surface area contributed by atoms with E-state index in [1.54, 1.807) is 0 Å². The van der Waals surface area contributed by atoms with E-state index in [2.05, 4.69) is 20.4 Å². The van der Waals surface area contributed by atoms with Gasteiger partial charge in [-0.25, -0.2) is 0 Å². The standard InChI is InChI=1S/C12H14N4O3/c1-7(2)12-15-9(16-19-12)6-13-11(18)8-4-3-5-10(17)14-8/h3-5,7H,6H2,1-2H3,(H,13,18)(H,14,17). The first-order valence-electron chi connectivity index (χ1n) is 5.86. The second-order valence-electron chi connectivity index (χ2n) is 4.31. The van der Waals surface area contributed by atoms with Gasteiger partial charge in [0, 0.05) is 12.0 Å². The Balaban J connectivity index is 1.98. The molecule has 0 bridgehead atoms. The normalized spacial score (nSPS) is 10.7. The molecule has 7 nitrogen and oxygen atoms in total. The molecule has 0 fully saturated rings. The van der Waals surface area contributed by atoms with E-state index in [0.717, 1.165) is 0 Å². The van der Waals surface area contributed by atoms with Crippen LogP contribution in [0.25, 0.3) is 0 Å². The Morgan fingerprint density at radius 3 is 2.89 bits per heavy atom. The lowest BCUT2D eigenvalue weighted by atomic mass is 10.2. The number of amides is 1. The van der Waals surface area contributed by atoms with Crippen LogP contribution in [-0.4, -0.2) is 21.0 Å². The highest BCUT2D eigenvalue weighted by molar-refractivity contribution is 5.91. The van der Waals surface area contributed by atoms with E-state index in [9.17, 15) is 9.59 Å². The van der Waals surface area contributed by atoms with Gasteiger partial charge in [0.15, 0.2) is 5.82 Å². The van der Waals surface area contributed by atoms with E-state index in [0.29, 0.717) is 11.7 Å². The number of carbonyl (C=O) groups excluding carboxylic acids is 1. The summed E-state index contributed by atoms with van der Waals surface area (Å²) in [4.78, 5) is 29.4. The molecular weight excluding hydrogens is 248 g/mol. The van der Waals surface area contributed by atoms with Crippen molar-refractivity contribution >= 4 is 5.91 Å². The summed E-state index contributed by atoms with van der Waals surface area (Å²) in [5.74, 6) is 0.670. The van der Waals surface area contributed by atoms with Gasteiger partial charge in [-0.15, -0.1) is 0 Å². The largest absolute Gasteiger partial charge is 0.343 e. The molecule has 2 N–H and O–H groups in total. The van der Waals surface area contributed by atoms with Crippen LogP contribution in [0.4, 0.5) is 0 Å². The summed E-state index contributed by atoms with van der Waals surface area (Å²) in [6.45, 7) is 4.02. The van der Waals surface area contributed by atoms with Crippen LogP contribution in [0.5, 0.6) is 0 Å². The third-order valence-electron chi connectivity index (χ3n) is 2.40. The quantitative estimate of drug-likeness (QED) is 0.849. The number of nitrogens with one attached hydrogen (secondary N) is 2. The highest BCUT2D eigenvalue weighted by Gasteiger charge is 2.11. The summed E-state index contributed by atoms with van der Waals surface area (Å²) in [7, 11) is 0. The Kier molecular flexibility index (Phi) is 3.74. The lowest BCUT2D eigenvalue weighted by molar-refractivity contribution is 0.0944. The van der Waals surface area contributed by atoms with Gasteiger partial charge in [-0.2, -0.15) is 4.98 Å². The number of hydrogen-bond acceptors (Lipinski definition) is 5. The molecule has 0 aliphatic rings. The zero-order valence-corrected chi connectivity index (χ0v) is 10.6. The Hall–Kier alpha value is -2.44. The monoisotopic (exact) mass is 262 g/mol. The number of aromatic amines is 1. The number of H-pyrrole nitrogens is 1. The fraction of sp³-hybridized carbons (Fsp3) is 0.333. The van der Waals surface area contributed by atoms with Crippen molar-refractivity contribution in [1.82, 2.24) is 20.4 Å². The molecule has 0 atom stereocenters. The molecule has 100 valence electrons. The number of aromatic nitrogens is 3. The topological polar surface area (TPSA) is 101 Å². The minimum absolute atomic E-state index is 0.141. The molecular formula is C12H14N4O3. The molecule has 0 spiro atoms. The van der Waals surface area contributed by atoms with Crippen LogP contribution in [-0.2, 0) is 6.54 Å². The molecule has 0 aliphatic heterocycles. The Labute approximate surface area is 109 Å². The van der Waals surface area contributed by atoms with E-state index >= 15 is 0 Å². The minimum Gasteiger partial charge on any atom is -0.343 e. The third kappa shape index (κ3) is 3.27. The second kappa shape index (κ2) is 5.47. The summed E-state index contributed by atoms with van der Waals surface area (Å²) in [6.07, 6.45) is 0. The molecule has 7 heteroatoms. The summed E-state index contributed by atoms with van der Waals surface area (Å²) < 4.78 is 5.01. The molecule has 2 rings (SSSR count). The van der Waals surface area contributed by atoms with Gasteiger partial charge in [-0.1, -0.05) is 25.1 Å². The first-order valence-corrected chi connectivity index (χ1v) is 5.86. The van der Waals surface area contributed by atoms with E-state index < -0.39 is 5.91 Å². The van der Waals surface area contributed by atoms with Crippen molar-refractivity contribution in [1.29, 1.82) is 0 Å². The van der Waals surface area contributed by atoms with E-state index in [-0.39, 0.29) is 23.7 Å². The number of rotatable bonds is 4. The van der Waals surface area contributed by atoms with Gasteiger partial charge < -0.3 is 14.8 Å². The van der Waals surface area contributed by atoms with Crippen molar-refractivity contribution in [3.8, 4) is 0 Å². The molecule has 19 heavy (non-hydrogen) atoms. The van der Waals surface area contributed by atoms with Crippen molar-refractivity contribution in [2.75, 3.05) is 0 Å².